The second kappa shape index (κ2) is 4.35. The van der Waals surface area contributed by atoms with E-state index < -0.39 is 0 Å². The molecule has 2 aliphatic rings. The van der Waals surface area contributed by atoms with Crippen molar-refractivity contribution in [1.82, 2.24) is 10.2 Å². The van der Waals surface area contributed by atoms with Crippen LogP contribution in [0.25, 0.3) is 0 Å². The van der Waals surface area contributed by atoms with Crippen LogP contribution in [-0.4, -0.2) is 35.1 Å². The molecule has 1 atom stereocenters. The number of nitrogens with two attached hydrogens (primary N) is 1. The van der Waals surface area contributed by atoms with E-state index in [0.717, 1.165) is 24.5 Å². The zero-order chi connectivity index (χ0) is 10.8. The average molecular weight is 227 g/mol. The van der Waals surface area contributed by atoms with Crippen molar-refractivity contribution < 1.29 is 4.79 Å². The van der Waals surface area contributed by atoms with Gasteiger partial charge in [-0.05, 0) is 37.9 Å². The van der Waals surface area contributed by atoms with E-state index in [-0.39, 0.29) is 11.8 Å². The highest BCUT2D eigenvalue weighted by molar-refractivity contribution is 7.80. The Morgan fingerprint density at radius 1 is 1.40 bits per heavy atom. The van der Waals surface area contributed by atoms with Crippen LogP contribution in [0.2, 0.25) is 0 Å². The molecule has 0 bridgehead atoms. The number of carbonyl (C=O) groups is 1. The summed E-state index contributed by atoms with van der Waals surface area (Å²) in [5.41, 5.74) is 5.31. The van der Waals surface area contributed by atoms with Crippen LogP contribution in [0.1, 0.15) is 25.7 Å². The first kappa shape index (κ1) is 10.7. The van der Waals surface area contributed by atoms with Gasteiger partial charge in [0.05, 0.1) is 5.92 Å². The monoisotopic (exact) mass is 227 g/mol. The second-order valence-corrected chi connectivity index (χ2v) is 4.80. The molecule has 1 aliphatic carbocycles. The van der Waals surface area contributed by atoms with E-state index in [1.807, 2.05) is 0 Å². The first-order valence-electron chi connectivity index (χ1n) is 5.51. The molecule has 0 spiro atoms. The molecule has 0 aromatic rings. The zero-order valence-corrected chi connectivity index (χ0v) is 9.55. The Balaban J connectivity index is 1.85. The van der Waals surface area contributed by atoms with Crippen LogP contribution in [-0.2, 0) is 4.79 Å². The van der Waals surface area contributed by atoms with Crippen LogP contribution >= 0.6 is 12.2 Å². The predicted molar refractivity (Wildman–Crippen MR) is 62.2 cm³/mol. The lowest BCUT2D eigenvalue weighted by Gasteiger charge is -2.33. The SMILES string of the molecule is NC(=O)[C@@H]1CCCN(C(=S)NC2CC2)C1. The summed E-state index contributed by atoms with van der Waals surface area (Å²) in [4.78, 5) is 13.2. The lowest BCUT2D eigenvalue weighted by atomic mass is 9.98. The topological polar surface area (TPSA) is 58.4 Å². The second-order valence-electron chi connectivity index (χ2n) is 4.41. The lowest BCUT2D eigenvalue weighted by molar-refractivity contribution is -0.122. The molecule has 0 aromatic carbocycles. The average Bonchev–Trinajstić information content (AvgIpc) is 3.02. The van der Waals surface area contributed by atoms with Crippen molar-refractivity contribution in [1.29, 1.82) is 0 Å². The third-order valence-corrected chi connectivity index (χ3v) is 3.39. The molecule has 3 N–H and O–H groups in total. The van der Waals surface area contributed by atoms with Crippen molar-refractivity contribution in [2.45, 2.75) is 31.7 Å². The Morgan fingerprint density at radius 2 is 2.13 bits per heavy atom. The number of amides is 1. The molecule has 84 valence electrons. The van der Waals surface area contributed by atoms with Gasteiger partial charge in [0.2, 0.25) is 5.91 Å². The quantitative estimate of drug-likeness (QED) is 0.663. The molecule has 4 nitrogen and oxygen atoms in total. The van der Waals surface area contributed by atoms with E-state index in [1.165, 1.54) is 12.8 Å². The number of primary amides is 1. The van der Waals surface area contributed by atoms with Gasteiger partial charge in [-0.25, -0.2) is 0 Å². The number of nitrogens with one attached hydrogen (secondary N) is 1. The summed E-state index contributed by atoms with van der Waals surface area (Å²) in [6.07, 6.45) is 4.33. The number of nitrogens with zero attached hydrogens (tertiary/aromatic N) is 1. The maximum absolute atomic E-state index is 11.1. The summed E-state index contributed by atoms with van der Waals surface area (Å²) in [7, 11) is 0. The number of rotatable bonds is 2. The minimum atomic E-state index is -0.200. The van der Waals surface area contributed by atoms with Crippen LogP contribution < -0.4 is 11.1 Å². The number of hydrogen-bond donors (Lipinski definition) is 2. The van der Waals surface area contributed by atoms with E-state index in [4.69, 9.17) is 18.0 Å². The molecule has 1 amide bonds. The maximum Gasteiger partial charge on any atom is 0.222 e. The minimum absolute atomic E-state index is 0.0299. The number of hydrogen-bond acceptors (Lipinski definition) is 2. The molecule has 0 unspecified atom stereocenters. The molecular weight excluding hydrogens is 210 g/mol. The highest BCUT2D eigenvalue weighted by Gasteiger charge is 2.28. The van der Waals surface area contributed by atoms with Gasteiger partial charge in [0.25, 0.3) is 0 Å². The van der Waals surface area contributed by atoms with Crippen LogP contribution in [0, 0.1) is 5.92 Å². The number of thiocarbonyl (C=S) groups is 1. The molecule has 15 heavy (non-hydrogen) atoms. The smallest absolute Gasteiger partial charge is 0.222 e. The van der Waals surface area contributed by atoms with Crippen molar-refractivity contribution in [2.75, 3.05) is 13.1 Å². The molecule has 1 saturated heterocycles. The van der Waals surface area contributed by atoms with Crippen molar-refractivity contribution >= 4 is 23.2 Å². The minimum Gasteiger partial charge on any atom is -0.369 e. The fourth-order valence-electron chi connectivity index (χ4n) is 1.89. The van der Waals surface area contributed by atoms with Crippen LogP contribution in [0.3, 0.4) is 0 Å². The van der Waals surface area contributed by atoms with Gasteiger partial charge in [-0.2, -0.15) is 0 Å². The van der Waals surface area contributed by atoms with Crippen LogP contribution in [0.15, 0.2) is 0 Å². The third-order valence-electron chi connectivity index (χ3n) is 3.02. The Kier molecular flexibility index (Phi) is 3.09. The standard InChI is InChI=1S/C10H17N3OS/c11-9(14)7-2-1-5-13(6-7)10(15)12-8-3-4-8/h7-8H,1-6H2,(H2,11,14)(H,12,15)/t7-/m1/s1. The Labute approximate surface area is 95.2 Å². The summed E-state index contributed by atoms with van der Waals surface area (Å²) < 4.78 is 0. The predicted octanol–water partition coefficient (Wildman–Crippen LogP) is 0.221. The van der Waals surface area contributed by atoms with Crippen LogP contribution in [0.5, 0.6) is 0 Å². The Bertz CT molecular complexity index is 278. The van der Waals surface area contributed by atoms with E-state index in [2.05, 4.69) is 10.2 Å². The molecule has 2 rings (SSSR count). The van der Waals surface area contributed by atoms with Gasteiger partial charge < -0.3 is 16.0 Å². The molecule has 1 aliphatic heterocycles. The van der Waals surface area contributed by atoms with Gasteiger partial charge in [0.15, 0.2) is 5.11 Å². The molecule has 2 fully saturated rings. The number of likely N-dealkylation sites (tertiary alicyclic amines) is 1. The van der Waals surface area contributed by atoms with Gasteiger partial charge in [0, 0.05) is 19.1 Å². The van der Waals surface area contributed by atoms with Crippen molar-refractivity contribution in [3.05, 3.63) is 0 Å². The highest BCUT2D eigenvalue weighted by Crippen LogP contribution is 2.21. The van der Waals surface area contributed by atoms with Crippen molar-refractivity contribution in [3.8, 4) is 0 Å². The lowest BCUT2D eigenvalue weighted by Crippen LogP contribution is -2.48. The highest BCUT2D eigenvalue weighted by atomic mass is 32.1. The largest absolute Gasteiger partial charge is 0.369 e. The summed E-state index contributed by atoms with van der Waals surface area (Å²) in [6, 6.07) is 0.575. The fourth-order valence-corrected chi connectivity index (χ4v) is 2.22. The van der Waals surface area contributed by atoms with E-state index in [9.17, 15) is 4.79 Å². The Hall–Kier alpha value is -0.840. The van der Waals surface area contributed by atoms with E-state index >= 15 is 0 Å². The number of carbonyl (C=O) groups excluding carboxylic acids is 1. The third kappa shape index (κ3) is 2.81. The van der Waals surface area contributed by atoms with Gasteiger partial charge in [0.1, 0.15) is 0 Å². The summed E-state index contributed by atoms with van der Waals surface area (Å²) in [6.45, 7) is 1.64. The summed E-state index contributed by atoms with van der Waals surface area (Å²) in [5.74, 6) is -0.230. The zero-order valence-electron chi connectivity index (χ0n) is 8.74. The van der Waals surface area contributed by atoms with E-state index in [0.29, 0.717) is 12.6 Å². The molecular formula is C10H17N3OS. The molecule has 1 saturated carbocycles. The fraction of sp³-hybridized carbons (Fsp3) is 0.800. The maximum atomic E-state index is 11.1. The first-order chi connectivity index (χ1) is 7.16. The van der Waals surface area contributed by atoms with Crippen molar-refractivity contribution in [2.24, 2.45) is 11.7 Å². The van der Waals surface area contributed by atoms with Gasteiger partial charge in [-0.15, -0.1) is 0 Å². The summed E-state index contributed by atoms with van der Waals surface area (Å²) in [5, 5.41) is 4.08. The normalized spacial score (nSPS) is 26.1. The number of piperidine rings is 1. The van der Waals surface area contributed by atoms with Gasteiger partial charge >= 0.3 is 0 Å². The molecule has 1 heterocycles. The van der Waals surface area contributed by atoms with E-state index in [1.54, 1.807) is 0 Å². The molecule has 0 radical (unpaired) electrons. The van der Waals surface area contributed by atoms with Crippen molar-refractivity contribution in [3.63, 3.8) is 0 Å². The Morgan fingerprint density at radius 3 is 2.73 bits per heavy atom. The van der Waals surface area contributed by atoms with Gasteiger partial charge in [-0.3, -0.25) is 4.79 Å². The molecule has 5 heteroatoms. The summed E-state index contributed by atoms with van der Waals surface area (Å²) >= 11 is 5.29. The van der Waals surface area contributed by atoms with Crippen LogP contribution in [0.4, 0.5) is 0 Å². The van der Waals surface area contributed by atoms with Gasteiger partial charge in [-0.1, -0.05) is 0 Å². The molecule has 0 aromatic heterocycles. The first-order valence-corrected chi connectivity index (χ1v) is 5.92.